The average Bonchev–Trinajstić information content (AvgIpc) is 2.67. The first-order valence-electron chi connectivity index (χ1n) is 5.41. The maximum atomic E-state index is 12.9. The van der Waals surface area contributed by atoms with Crippen molar-refractivity contribution in [3.05, 3.63) is 29.6 Å². The minimum absolute atomic E-state index is 0.239. The van der Waals surface area contributed by atoms with Gasteiger partial charge in [0.2, 0.25) is 0 Å². The Kier molecular flexibility index (Phi) is 3.07. The summed E-state index contributed by atoms with van der Waals surface area (Å²) in [7, 11) is 0. The zero-order valence-corrected chi connectivity index (χ0v) is 8.91. The van der Waals surface area contributed by atoms with E-state index in [1.165, 1.54) is 12.1 Å². The fraction of sp³-hybridized carbons (Fsp3) is 0.417. The molecule has 3 N–H and O–H groups in total. The van der Waals surface area contributed by atoms with Crippen LogP contribution >= 0.6 is 0 Å². The Balaban J connectivity index is 2.12. The van der Waals surface area contributed by atoms with Gasteiger partial charge in [-0.15, -0.1) is 0 Å². The zero-order valence-electron chi connectivity index (χ0n) is 8.91. The monoisotopic (exact) mass is 219 g/mol. The lowest BCUT2D eigenvalue weighted by Gasteiger charge is -2.14. The van der Waals surface area contributed by atoms with Crippen LogP contribution in [0.3, 0.4) is 0 Å². The molecule has 0 saturated heterocycles. The number of nitrogens with one attached hydrogen (secondary N) is 1. The van der Waals surface area contributed by atoms with Gasteiger partial charge in [-0.3, -0.25) is 0 Å². The topological polar surface area (TPSA) is 61.8 Å². The molecule has 1 aliphatic carbocycles. The predicted molar refractivity (Wildman–Crippen MR) is 60.4 cm³/mol. The molecule has 1 aromatic carbocycles. The van der Waals surface area contributed by atoms with Crippen molar-refractivity contribution in [1.29, 1.82) is 5.26 Å². The Morgan fingerprint density at radius 3 is 2.88 bits per heavy atom. The quantitative estimate of drug-likeness (QED) is 0.799. The molecule has 0 spiro atoms. The summed E-state index contributed by atoms with van der Waals surface area (Å²) in [5.74, 6) is -0.384. The molecular weight excluding hydrogens is 205 g/mol. The molecular formula is C12H14FN3. The average molecular weight is 219 g/mol. The minimum Gasteiger partial charge on any atom is -0.381 e. The van der Waals surface area contributed by atoms with Gasteiger partial charge in [0.15, 0.2) is 0 Å². The molecule has 84 valence electrons. The zero-order chi connectivity index (χ0) is 11.5. The SMILES string of the molecule is N#Cc1cc(F)ccc1NC1CCC(N)C1. The lowest BCUT2D eigenvalue weighted by Crippen LogP contribution is -2.21. The van der Waals surface area contributed by atoms with Crippen molar-refractivity contribution < 1.29 is 4.39 Å². The third-order valence-corrected chi connectivity index (χ3v) is 2.93. The first-order chi connectivity index (χ1) is 7.69. The molecule has 1 aliphatic rings. The lowest BCUT2D eigenvalue weighted by atomic mass is 10.1. The molecule has 4 heteroatoms. The van der Waals surface area contributed by atoms with Crippen molar-refractivity contribution in [1.82, 2.24) is 0 Å². The first kappa shape index (κ1) is 10.9. The maximum absolute atomic E-state index is 12.9. The van der Waals surface area contributed by atoms with E-state index >= 15 is 0 Å². The molecule has 1 aromatic rings. The van der Waals surface area contributed by atoms with Crippen molar-refractivity contribution >= 4 is 5.69 Å². The van der Waals surface area contributed by atoms with Crippen LogP contribution in [0.1, 0.15) is 24.8 Å². The molecule has 0 radical (unpaired) electrons. The number of halogens is 1. The number of rotatable bonds is 2. The van der Waals surface area contributed by atoms with Gasteiger partial charge in [-0.1, -0.05) is 0 Å². The van der Waals surface area contributed by atoms with E-state index in [4.69, 9.17) is 11.0 Å². The Hall–Kier alpha value is -1.60. The van der Waals surface area contributed by atoms with Crippen LogP contribution < -0.4 is 11.1 Å². The highest BCUT2D eigenvalue weighted by Gasteiger charge is 2.22. The van der Waals surface area contributed by atoms with Crippen LogP contribution in [0, 0.1) is 17.1 Å². The van der Waals surface area contributed by atoms with Crippen LogP contribution in [-0.4, -0.2) is 12.1 Å². The number of nitrogens with two attached hydrogens (primary N) is 1. The van der Waals surface area contributed by atoms with E-state index in [9.17, 15) is 4.39 Å². The van der Waals surface area contributed by atoms with E-state index in [2.05, 4.69) is 5.32 Å². The van der Waals surface area contributed by atoms with E-state index in [1.54, 1.807) is 6.07 Å². The molecule has 0 amide bonds. The summed E-state index contributed by atoms with van der Waals surface area (Å²) in [5.41, 5.74) is 6.85. The third kappa shape index (κ3) is 2.31. The van der Waals surface area contributed by atoms with Crippen molar-refractivity contribution in [2.75, 3.05) is 5.32 Å². The highest BCUT2D eigenvalue weighted by molar-refractivity contribution is 5.58. The smallest absolute Gasteiger partial charge is 0.124 e. The number of nitriles is 1. The van der Waals surface area contributed by atoms with E-state index in [-0.39, 0.29) is 11.9 Å². The largest absolute Gasteiger partial charge is 0.381 e. The van der Waals surface area contributed by atoms with Gasteiger partial charge in [0.25, 0.3) is 0 Å². The van der Waals surface area contributed by atoms with Gasteiger partial charge in [0, 0.05) is 12.1 Å². The van der Waals surface area contributed by atoms with Crippen LogP contribution in [0.5, 0.6) is 0 Å². The molecule has 2 rings (SSSR count). The van der Waals surface area contributed by atoms with Gasteiger partial charge in [-0.05, 0) is 37.5 Å². The Bertz CT molecular complexity index is 425. The Morgan fingerprint density at radius 2 is 2.25 bits per heavy atom. The third-order valence-electron chi connectivity index (χ3n) is 2.93. The molecule has 2 atom stereocenters. The van der Waals surface area contributed by atoms with Gasteiger partial charge >= 0.3 is 0 Å². The Morgan fingerprint density at radius 1 is 1.44 bits per heavy atom. The molecule has 3 nitrogen and oxygen atoms in total. The second kappa shape index (κ2) is 4.50. The number of anilines is 1. The van der Waals surface area contributed by atoms with Gasteiger partial charge in [0.1, 0.15) is 11.9 Å². The minimum atomic E-state index is -0.384. The van der Waals surface area contributed by atoms with Gasteiger partial charge in [-0.25, -0.2) is 4.39 Å². The molecule has 1 fully saturated rings. The maximum Gasteiger partial charge on any atom is 0.124 e. The van der Waals surface area contributed by atoms with Gasteiger partial charge in [-0.2, -0.15) is 5.26 Å². The summed E-state index contributed by atoms with van der Waals surface area (Å²) in [6.07, 6.45) is 2.91. The highest BCUT2D eigenvalue weighted by atomic mass is 19.1. The summed E-state index contributed by atoms with van der Waals surface area (Å²) in [5, 5.41) is 12.1. The molecule has 0 aliphatic heterocycles. The highest BCUT2D eigenvalue weighted by Crippen LogP contribution is 2.24. The van der Waals surface area contributed by atoms with Gasteiger partial charge < -0.3 is 11.1 Å². The summed E-state index contributed by atoms with van der Waals surface area (Å²) in [4.78, 5) is 0. The second-order valence-corrected chi connectivity index (χ2v) is 4.22. The van der Waals surface area contributed by atoms with Crippen molar-refractivity contribution in [3.63, 3.8) is 0 Å². The standard InChI is InChI=1S/C12H14FN3/c13-9-1-4-12(8(5-9)7-14)16-11-3-2-10(15)6-11/h1,4-5,10-11,16H,2-3,6,15H2. The normalized spacial score (nSPS) is 24.1. The fourth-order valence-corrected chi connectivity index (χ4v) is 2.10. The molecule has 1 saturated carbocycles. The molecule has 2 unspecified atom stereocenters. The summed E-state index contributed by atoms with van der Waals surface area (Å²) < 4.78 is 12.9. The van der Waals surface area contributed by atoms with Crippen LogP contribution in [0.2, 0.25) is 0 Å². The first-order valence-corrected chi connectivity index (χ1v) is 5.41. The lowest BCUT2D eigenvalue weighted by molar-refractivity contribution is 0.627. The number of nitrogens with zero attached hydrogens (tertiary/aromatic N) is 1. The number of hydrogen-bond acceptors (Lipinski definition) is 3. The summed E-state index contributed by atoms with van der Waals surface area (Å²) in [6.45, 7) is 0. The second-order valence-electron chi connectivity index (χ2n) is 4.22. The molecule has 0 aromatic heterocycles. The van der Waals surface area contributed by atoms with Crippen LogP contribution in [0.15, 0.2) is 18.2 Å². The summed E-state index contributed by atoms with van der Waals surface area (Å²) >= 11 is 0. The van der Waals surface area contributed by atoms with E-state index in [0.717, 1.165) is 19.3 Å². The van der Waals surface area contributed by atoms with Gasteiger partial charge in [0.05, 0.1) is 11.3 Å². The van der Waals surface area contributed by atoms with E-state index in [0.29, 0.717) is 17.3 Å². The van der Waals surface area contributed by atoms with Crippen LogP contribution in [0.25, 0.3) is 0 Å². The predicted octanol–water partition coefficient (Wildman–Crippen LogP) is 1.99. The van der Waals surface area contributed by atoms with Crippen molar-refractivity contribution in [3.8, 4) is 6.07 Å². The molecule has 0 bridgehead atoms. The van der Waals surface area contributed by atoms with Crippen molar-refractivity contribution in [2.45, 2.75) is 31.3 Å². The van der Waals surface area contributed by atoms with Crippen LogP contribution in [0.4, 0.5) is 10.1 Å². The molecule has 16 heavy (non-hydrogen) atoms. The number of hydrogen-bond donors (Lipinski definition) is 2. The Labute approximate surface area is 94.1 Å². The van der Waals surface area contributed by atoms with E-state index < -0.39 is 0 Å². The van der Waals surface area contributed by atoms with Crippen molar-refractivity contribution in [2.24, 2.45) is 5.73 Å². The van der Waals surface area contributed by atoms with E-state index in [1.807, 2.05) is 6.07 Å². The fourth-order valence-electron chi connectivity index (χ4n) is 2.10. The number of benzene rings is 1. The summed E-state index contributed by atoms with van der Waals surface area (Å²) in [6, 6.07) is 6.74. The van der Waals surface area contributed by atoms with Crippen LogP contribution in [-0.2, 0) is 0 Å². The molecule has 0 heterocycles.